The minimum absolute atomic E-state index is 0.0631. The average Bonchev–Trinajstić information content (AvgIpc) is 3.02. The molecule has 0 saturated heterocycles. The molecule has 0 aliphatic rings. The van der Waals surface area contributed by atoms with Gasteiger partial charge in [-0.05, 0) is 24.1 Å². The number of amides is 1. The van der Waals surface area contributed by atoms with Crippen molar-refractivity contribution in [2.24, 2.45) is 0 Å². The topological polar surface area (TPSA) is 98.7 Å². The number of pyridine rings is 1. The van der Waals surface area contributed by atoms with Crippen LogP contribution in [0, 0.1) is 0 Å². The quantitative estimate of drug-likeness (QED) is 0.493. The van der Waals surface area contributed by atoms with Crippen molar-refractivity contribution >= 4 is 17.7 Å². The van der Waals surface area contributed by atoms with Crippen molar-refractivity contribution < 1.29 is 4.79 Å². The Bertz CT molecular complexity index is 822. The Labute approximate surface area is 149 Å². The van der Waals surface area contributed by atoms with Gasteiger partial charge in [0.25, 0.3) is 0 Å². The molecular weight excluding hydrogens is 336 g/mol. The summed E-state index contributed by atoms with van der Waals surface area (Å²) in [5.74, 6) is 6.69. The molecule has 0 radical (unpaired) electrons. The van der Waals surface area contributed by atoms with Crippen LogP contribution in [0.3, 0.4) is 0 Å². The van der Waals surface area contributed by atoms with Crippen molar-refractivity contribution in [2.45, 2.75) is 11.6 Å². The summed E-state index contributed by atoms with van der Waals surface area (Å²) < 4.78 is 1.37. The molecule has 8 heteroatoms. The highest BCUT2D eigenvalue weighted by Gasteiger charge is 2.13. The maximum absolute atomic E-state index is 12.0. The van der Waals surface area contributed by atoms with Crippen molar-refractivity contribution in [2.75, 3.05) is 18.1 Å². The average molecular weight is 354 g/mol. The molecule has 2 aromatic heterocycles. The first-order chi connectivity index (χ1) is 12.2. The maximum Gasteiger partial charge on any atom is 0.230 e. The number of nitrogens with zero attached hydrogens (tertiary/aromatic N) is 4. The normalized spacial score (nSPS) is 10.6. The van der Waals surface area contributed by atoms with Crippen LogP contribution in [0.15, 0.2) is 60.0 Å². The summed E-state index contributed by atoms with van der Waals surface area (Å²) in [6, 6.07) is 13.7. The molecule has 0 bridgehead atoms. The van der Waals surface area contributed by atoms with Gasteiger partial charge in [-0.3, -0.25) is 9.78 Å². The van der Waals surface area contributed by atoms with Crippen LogP contribution in [0.4, 0.5) is 0 Å². The first-order valence-electron chi connectivity index (χ1n) is 7.78. The van der Waals surface area contributed by atoms with E-state index in [1.807, 2.05) is 36.4 Å². The Morgan fingerprint density at radius 3 is 2.76 bits per heavy atom. The van der Waals surface area contributed by atoms with E-state index in [2.05, 4.69) is 20.5 Å². The number of nitrogens with one attached hydrogen (secondary N) is 1. The van der Waals surface area contributed by atoms with Gasteiger partial charge < -0.3 is 11.2 Å². The third-order valence-electron chi connectivity index (χ3n) is 3.50. The van der Waals surface area contributed by atoms with Crippen molar-refractivity contribution in [3.05, 3.63) is 60.4 Å². The number of hydrogen-bond donors (Lipinski definition) is 2. The molecule has 0 aliphatic heterocycles. The van der Waals surface area contributed by atoms with E-state index in [0.717, 1.165) is 12.0 Å². The van der Waals surface area contributed by atoms with Crippen molar-refractivity contribution in [3.8, 4) is 11.4 Å². The highest BCUT2D eigenvalue weighted by atomic mass is 32.2. The maximum atomic E-state index is 12.0. The first-order valence-corrected chi connectivity index (χ1v) is 8.77. The highest BCUT2D eigenvalue weighted by molar-refractivity contribution is 7.99. The Morgan fingerprint density at radius 1 is 1.16 bits per heavy atom. The lowest BCUT2D eigenvalue weighted by Crippen LogP contribution is -2.27. The molecule has 2 heterocycles. The van der Waals surface area contributed by atoms with Crippen LogP contribution >= 0.6 is 11.8 Å². The van der Waals surface area contributed by atoms with Gasteiger partial charge in [0.15, 0.2) is 5.82 Å². The minimum Gasteiger partial charge on any atom is -0.355 e. The summed E-state index contributed by atoms with van der Waals surface area (Å²) in [7, 11) is 0. The zero-order chi connectivity index (χ0) is 17.5. The summed E-state index contributed by atoms with van der Waals surface area (Å²) in [5.41, 5.74) is 1.97. The fraction of sp³-hybridized carbons (Fsp3) is 0.176. The Kier molecular flexibility index (Phi) is 5.63. The summed E-state index contributed by atoms with van der Waals surface area (Å²) in [6.07, 6.45) is 4.14. The van der Waals surface area contributed by atoms with E-state index >= 15 is 0 Å². The lowest BCUT2D eigenvalue weighted by molar-refractivity contribution is -0.118. The number of benzene rings is 1. The Balaban J connectivity index is 1.48. The fourth-order valence-electron chi connectivity index (χ4n) is 2.24. The molecule has 7 nitrogen and oxygen atoms in total. The zero-order valence-electron chi connectivity index (χ0n) is 13.5. The van der Waals surface area contributed by atoms with Gasteiger partial charge >= 0.3 is 0 Å². The summed E-state index contributed by atoms with van der Waals surface area (Å²) in [6.45, 7) is 0.597. The second-order valence-corrected chi connectivity index (χ2v) is 6.23. The van der Waals surface area contributed by atoms with Gasteiger partial charge in [0.1, 0.15) is 0 Å². The number of carbonyl (C=O) groups excluding carboxylic acids is 1. The van der Waals surface area contributed by atoms with Crippen molar-refractivity contribution in [1.82, 2.24) is 25.2 Å². The highest BCUT2D eigenvalue weighted by Crippen LogP contribution is 2.20. The minimum atomic E-state index is -0.0631. The van der Waals surface area contributed by atoms with Crippen LogP contribution in [-0.2, 0) is 11.2 Å². The molecule has 0 spiro atoms. The first kappa shape index (κ1) is 17.0. The lowest BCUT2D eigenvalue weighted by Gasteiger charge is -2.05. The van der Waals surface area contributed by atoms with E-state index in [1.54, 1.807) is 18.5 Å². The van der Waals surface area contributed by atoms with Gasteiger partial charge in [-0.1, -0.05) is 42.1 Å². The molecule has 1 amide bonds. The second kappa shape index (κ2) is 8.29. The van der Waals surface area contributed by atoms with Crippen LogP contribution in [-0.4, -0.2) is 38.1 Å². The molecule has 0 aliphatic carbocycles. The third kappa shape index (κ3) is 4.57. The lowest BCUT2D eigenvalue weighted by atomic mass is 10.1. The number of nitrogens with two attached hydrogens (primary N) is 1. The molecule has 0 unspecified atom stereocenters. The summed E-state index contributed by atoms with van der Waals surface area (Å²) >= 11 is 1.25. The number of rotatable bonds is 7. The molecule has 3 rings (SSSR count). The molecule has 128 valence electrons. The number of hydrogen-bond acceptors (Lipinski definition) is 6. The van der Waals surface area contributed by atoms with Crippen LogP contribution < -0.4 is 11.2 Å². The standard InChI is InChI=1S/C17H18N6OS/c18-23-16(14-7-4-9-19-11-14)21-22-17(23)25-12-15(24)20-10-8-13-5-2-1-3-6-13/h1-7,9,11H,8,10,12,18H2,(H,20,24). The molecule has 3 aromatic rings. The van der Waals surface area contributed by atoms with Gasteiger partial charge in [-0.25, -0.2) is 4.68 Å². The number of nitrogen functional groups attached to an aromatic ring is 1. The SMILES string of the molecule is Nn1c(SCC(=O)NCCc2ccccc2)nnc1-c1cccnc1. The second-order valence-electron chi connectivity index (χ2n) is 5.29. The van der Waals surface area contributed by atoms with Gasteiger partial charge in [-0.15, -0.1) is 10.2 Å². The molecule has 0 saturated carbocycles. The predicted octanol–water partition coefficient (Wildman–Crippen LogP) is 1.50. The van der Waals surface area contributed by atoms with E-state index in [9.17, 15) is 4.79 Å². The van der Waals surface area contributed by atoms with Gasteiger partial charge in [0, 0.05) is 24.5 Å². The Morgan fingerprint density at radius 2 is 2.00 bits per heavy atom. The van der Waals surface area contributed by atoms with Crippen molar-refractivity contribution in [3.63, 3.8) is 0 Å². The van der Waals surface area contributed by atoms with Crippen LogP contribution in [0.5, 0.6) is 0 Å². The van der Waals surface area contributed by atoms with E-state index < -0.39 is 0 Å². The molecule has 1 aromatic carbocycles. The van der Waals surface area contributed by atoms with E-state index in [-0.39, 0.29) is 11.7 Å². The van der Waals surface area contributed by atoms with E-state index in [4.69, 9.17) is 5.84 Å². The van der Waals surface area contributed by atoms with Crippen LogP contribution in [0.1, 0.15) is 5.56 Å². The van der Waals surface area contributed by atoms with Crippen molar-refractivity contribution in [1.29, 1.82) is 0 Å². The fourth-order valence-corrected chi connectivity index (χ4v) is 2.93. The molecule has 0 fully saturated rings. The summed E-state index contributed by atoms with van der Waals surface area (Å²) in [5, 5.41) is 11.5. The molecule has 25 heavy (non-hydrogen) atoms. The van der Waals surface area contributed by atoms with Crippen LogP contribution in [0.25, 0.3) is 11.4 Å². The number of thioether (sulfide) groups is 1. The smallest absolute Gasteiger partial charge is 0.230 e. The Hall–Kier alpha value is -2.87. The largest absolute Gasteiger partial charge is 0.355 e. The number of aromatic nitrogens is 4. The molecular formula is C17H18N6OS. The predicted molar refractivity (Wildman–Crippen MR) is 97.3 cm³/mol. The molecule has 0 atom stereocenters. The molecule has 3 N–H and O–H groups in total. The third-order valence-corrected chi connectivity index (χ3v) is 4.44. The van der Waals surface area contributed by atoms with Crippen LogP contribution in [0.2, 0.25) is 0 Å². The van der Waals surface area contributed by atoms with Gasteiger partial charge in [0.05, 0.1) is 5.75 Å². The summed E-state index contributed by atoms with van der Waals surface area (Å²) in [4.78, 5) is 16.0. The van der Waals surface area contributed by atoms with E-state index in [1.165, 1.54) is 22.0 Å². The van der Waals surface area contributed by atoms with Gasteiger partial charge in [-0.2, -0.15) is 0 Å². The van der Waals surface area contributed by atoms with E-state index in [0.29, 0.717) is 17.5 Å². The number of carbonyl (C=O) groups is 1. The zero-order valence-corrected chi connectivity index (χ0v) is 14.3. The monoisotopic (exact) mass is 354 g/mol. The van der Waals surface area contributed by atoms with Gasteiger partial charge in [0.2, 0.25) is 11.1 Å².